The molecule has 4 aromatic rings. The average molecular weight is 450 g/mol. The Morgan fingerprint density at radius 3 is 2.88 bits per heavy atom. The van der Waals surface area contributed by atoms with E-state index >= 15 is 0 Å². The van der Waals surface area contributed by atoms with Gasteiger partial charge in [-0.05, 0) is 57.0 Å². The van der Waals surface area contributed by atoms with E-state index < -0.39 is 0 Å². The summed E-state index contributed by atoms with van der Waals surface area (Å²) < 4.78 is 29.1. The van der Waals surface area contributed by atoms with E-state index in [0.717, 1.165) is 48.4 Å². The molecule has 0 amide bonds. The first kappa shape index (κ1) is 21.5. The molecule has 1 atom stereocenters. The van der Waals surface area contributed by atoms with Crippen molar-refractivity contribution in [2.24, 2.45) is 0 Å². The Kier molecular flexibility index (Phi) is 6.00. The van der Waals surface area contributed by atoms with Gasteiger partial charge in [-0.25, -0.2) is 13.9 Å². The van der Waals surface area contributed by atoms with E-state index in [9.17, 15) is 4.39 Å². The lowest BCUT2D eigenvalue weighted by Gasteiger charge is -2.23. The largest absolute Gasteiger partial charge is 0.494 e. The topological polar surface area (TPSA) is 65.6 Å². The summed E-state index contributed by atoms with van der Waals surface area (Å²) in [6.45, 7) is 6.01. The number of halogens is 1. The molecule has 4 heterocycles. The van der Waals surface area contributed by atoms with E-state index in [0.29, 0.717) is 24.2 Å². The number of anilines is 1. The van der Waals surface area contributed by atoms with Gasteiger partial charge in [0.25, 0.3) is 0 Å². The number of ether oxygens (including phenoxy) is 2. The van der Waals surface area contributed by atoms with Gasteiger partial charge in [-0.1, -0.05) is 0 Å². The Morgan fingerprint density at radius 1 is 1.21 bits per heavy atom. The molecule has 1 N–H and O–H groups in total. The first-order valence-electron chi connectivity index (χ1n) is 11.4. The predicted octanol–water partition coefficient (Wildman–Crippen LogP) is 5.26. The van der Waals surface area contributed by atoms with E-state index in [1.807, 2.05) is 32.3 Å². The quantitative estimate of drug-likeness (QED) is 0.417. The first-order chi connectivity index (χ1) is 16.1. The van der Waals surface area contributed by atoms with Crippen LogP contribution in [0.15, 0.2) is 55.1 Å². The van der Waals surface area contributed by atoms with Crippen molar-refractivity contribution >= 4 is 11.5 Å². The third-order valence-corrected chi connectivity index (χ3v) is 6.11. The Balaban J connectivity index is 1.41. The fourth-order valence-electron chi connectivity index (χ4n) is 4.38. The minimum Gasteiger partial charge on any atom is -0.494 e. The van der Waals surface area contributed by atoms with Crippen LogP contribution < -0.4 is 10.1 Å². The highest BCUT2D eigenvalue weighted by Gasteiger charge is 2.18. The van der Waals surface area contributed by atoms with Gasteiger partial charge < -0.3 is 19.4 Å². The van der Waals surface area contributed by atoms with Crippen LogP contribution in [0, 0.1) is 5.82 Å². The molecule has 1 aliphatic rings. The van der Waals surface area contributed by atoms with Crippen LogP contribution in [0.25, 0.3) is 16.8 Å². The van der Waals surface area contributed by atoms with Gasteiger partial charge in [0.15, 0.2) is 5.65 Å². The van der Waals surface area contributed by atoms with E-state index in [4.69, 9.17) is 14.5 Å². The summed E-state index contributed by atoms with van der Waals surface area (Å²) in [6, 6.07) is 8.83. The standard InChI is InChI=1S/C25H28FN5O2/c1-3-33-23-5-4-19(26)14-21(23)17(2)28-24-7-11-31-25(29-24)22(15-27-31)18-6-10-30(16-18)20-8-12-32-13-9-20/h4-7,10-11,14-17,20H,3,8-9,12-13H2,1-2H3,(H,28,29). The molecule has 0 aliphatic carbocycles. The van der Waals surface area contributed by atoms with Gasteiger partial charge >= 0.3 is 0 Å². The van der Waals surface area contributed by atoms with E-state index in [1.54, 1.807) is 10.6 Å². The van der Waals surface area contributed by atoms with Crippen LogP contribution >= 0.6 is 0 Å². The zero-order valence-electron chi connectivity index (χ0n) is 18.9. The second kappa shape index (κ2) is 9.23. The number of fused-ring (bicyclic) bond motifs is 1. The summed E-state index contributed by atoms with van der Waals surface area (Å²) in [7, 11) is 0. The third-order valence-electron chi connectivity index (χ3n) is 6.11. The van der Waals surface area contributed by atoms with Gasteiger partial charge in [0.1, 0.15) is 17.4 Å². The lowest BCUT2D eigenvalue weighted by atomic mass is 10.1. The van der Waals surface area contributed by atoms with Crippen molar-refractivity contribution in [2.45, 2.75) is 38.8 Å². The van der Waals surface area contributed by atoms with Crippen LogP contribution in [0.4, 0.5) is 10.2 Å². The molecule has 1 aliphatic heterocycles. The fourth-order valence-corrected chi connectivity index (χ4v) is 4.38. The molecule has 5 rings (SSSR count). The molecule has 172 valence electrons. The molecule has 1 fully saturated rings. The van der Waals surface area contributed by atoms with Crippen molar-refractivity contribution in [3.63, 3.8) is 0 Å². The maximum atomic E-state index is 13.9. The Hall–Kier alpha value is -3.39. The van der Waals surface area contributed by atoms with Crippen molar-refractivity contribution in [3.05, 3.63) is 66.5 Å². The summed E-state index contributed by atoms with van der Waals surface area (Å²) >= 11 is 0. The Morgan fingerprint density at radius 2 is 2.06 bits per heavy atom. The van der Waals surface area contributed by atoms with Crippen LogP contribution in [0.1, 0.15) is 44.3 Å². The zero-order chi connectivity index (χ0) is 22.8. The monoisotopic (exact) mass is 449 g/mol. The molecule has 0 radical (unpaired) electrons. The lowest BCUT2D eigenvalue weighted by molar-refractivity contribution is 0.0697. The Labute approximate surface area is 192 Å². The van der Waals surface area contributed by atoms with E-state index in [-0.39, 0.29) is 11.9 Å². The molecular formula is C25H28FN5O2. The number of nitrogens with zero attached hydrogens (tertiary/aromatic N) is 4. The average Bonchev–Trinajstić information content (AvgIpc) is 3.48. The summed E-state index contributed by atoms with van der Waals surface area (Å²) in [5, 5.41) is 7.86. The minimum absolute atomic E-state index is 0.196. The van der Waals surface area contributed by atoms with Crippen LogP contribution in [-0.2, 0) is 4.74 Å². The second-order valence-corrected chi connectivity index (χ2v) is 8.31. The van der Waals surface area contributed by atoms with Crippen molar-refractivity contribution in [1.82, 2.24) is 19.2 Å². The number of aromatic nitrogens is 4. The molecule has 3 aromatic heterocycles. The first-order valence-corrected chi connectivity index (χ1v) is 11.4. The number of rotatable bonds is 7. The molecule has 33 heavy (non-hydrogen) atoms. The van der Waals surface area contributed by atoms with Crippen LogP contribution in [0.2, 0.25) is 0 Å². The molecule has 1 aromatic carbocycles. The summed E-state index contributed by atoms with van der Waals surface area (Å²) in [4.78, 5) is 4.82. The number of benzene rings is 1. The maximum Gasteiger partial charge on any atom is 0.165 e. The van der Waals surface area contributed by atoms with Gasteiger partial charge in [-0.15, -0.1) is 0 Å². The summed E-state index contributed by atoms with van der Waals surface area (Å²) in [5.74, 6) is 1.06. The number of hydrogen-bond acceptors (Lipinski definition) is 5. The van der Waals surface area contributed by atoms with Gasteiger partial charge in [-0.3, -0.25) is 0 Å². The van der Waals surface area contributed by atoms with Gasteiger partial charge in [-0.2, -0.15) is 5.10 Å². The van der Waals surface area contributed by atoms with Crippen molar-refractivity contribution < 1.29 is 13.9 Å². The van der Waals surface area contributed by atoms with Gasteiger partial charge in [0.05, 0.1) is 18.8 Å². The van der Waals surface area contributed by atoms with Crippen LogP contribution in [-0.4, -0.2) is 39.0 Å². The smallest absolute Gasteiger partial charge is 0.165 e. The van der Waals surface area contributed by atoms with Crippen molar-refractivity contribution in [1.29, 1.82) is 0 Å². The molecule has 1 unspecified atom stereocenters. The molecular weight excluding hydrogens is 421 g/mol. The molecule has 8 heteroatoms. The Bertz CT molecular complexity index is 1240. The highest BCUT2D eigenvalue weighted by Crippen LogP contribution is 2.31. The van der Waals surface area contributed by atoms with Gasteiger partial charge in [0, 0.05) is 54.5 Å². The number of hydrogen-bond donors (Lipinski definition) is 1. The predicted molar refractivity (Wildman–Crippen MR) is 125 cm³/mol. The SMILES string of the molecule is CCOc1ccc(F)cc1C(C)Nc1ccn2ncc(-c3ccn(C4CCOCC4)c3)c2n1. The summed E-state index contributed by atoms with van der Waals surface area (Å²) in [6.07, 6.45) is 10.1. The normalized spacial score (nSPS) is 15.6. The molecule has 0 saturated carbocycles. The minimum atomic E-state index is -0.294. The van der Waals surface area contributed by atoms with Crippen LogP contribution in [0.3, 0.4) is 0 Å². The van der Waals surface area contributed by atoms with E-state index in [2.05, 4.69) is 33.4 Å². The summed E-state index contributed by atoms with van der Waals surface area (Å²) in [5.41, 5.74) is 3.57. The molecule has 0 spiro atoms. The van der Waals surface area contributed by atoms with Crippen molar-refractivity contribution in [3.8, 4) is 16.9 Å². The molecule has 0 bridgehead atoms. The number of nitrogens with one attached hydrogen (secondary N) is 1. The van der Waals surface area contributed by atoms with E-state index in [1.165, 1.54) is 12.1 Å². The maximum absolute atomic E-state index is 13.9. The molecule has 1 saturated heterocycles. The highest BCUT2D eigenvalue weighted by atomic mass is 19.1. The van der Waals surface area contributed by atoms with Gasteiger partial charge in [0.2, 0.25) is 0 Å². The van der Waals surface area contributed by atoms with Crippen molar-refractivity contribution in [2.75, 3.05) is 25.1 Å². The zero-order valence-corrected chi connectivity index (χ0v) is 18.9. The second-order valence-electron chi connectivity index (χ2n) is 8.31. The van der Waals surface area contributed by atoms with Crippen LogP contribution in [0.5, 0.6) is 5.75 Å². The lowest BCUT2D eigenvalue weighted by Crippen LogP contribution is -2.18. The highest BCUT2D eigenvalue weighted by molar-refractivity contribution is 5.77. The fraction of sp³-hybridized carbons (Fsp3) is 0.360. The molecule has 7 nitrogen and oxygen atoms in total. The third kappa shape index (κ3) is 4.43.